The van der Waals surface area contributed by atoms with E-state index in [1.54, 1.807) is 18.2 Å². The Labute approximate surface area is 207 Å². The van der Waals surface area contributed by atoms with Crippen molar-refractivity contribution in [1.29, 1.82) is 0 Å². The van der Waals surface area contributed by atoms with Crippen molar-refractivity contribution in [2.75, 3.05) is 0 Å². The van der Waals surface area contributed by atoms with Crippen LogP contribution in [0.25, 0.3) is 0 Å². The molecule has 3 rings (SSSR count). The molecule has 10 heteroatoms. The highest BCUT2D eigenvalue weighted by Crippen LogP contribution is 2.29. The Morgan fingerprint density at radius 1 is 1.11 bits per heavy atom. The topological polar surface area (TPSA) is 119 Å². The van der Waals surface area contributed by atoms with Gasteiger partial charge in [0, 0.05) is 13.0 Å². The summed E-state index contributed by atoms with van der Waals surface area (Å²) in [6.07, 6.45) is 0.657. The Bertz CT molecular complexity index is 1370. The van der Waals surface area contributed by atoms with E-state index in [0.717, 1.165) is 15.7 Å². The summed E-state index contributed by atoms with van der Waals surface area (Å²) in [4.78, 5) is 44.0. The molecule has 0 aliphatic carbocycles. The van der Waals surface area contributed by atoms with Gasteiger partial charge in [-0.05, 0) is 57.4 Å². The van der Waals surface area contributed by atoms with Crippen molar-refractivity contribution in [3.05, 3.63) is 85.2 Å². The second-order valence-corrected chi connectivity index (χ2v) is 8.91. The number of aromatic nitrogens is 3. The average molecular weight is 501 g/mol. The lowest BCUT2D eigenvalue weighted by atomic mass is 10.1. The maximum atomic E-state index is 13.3. The lowest BCUT2D eigenvalue weighted by Gasteiger charge is -2.12. The molecule has 0 saturated carbocycles. The first kappa shape index (κ1) is 26.0. The number of unbranched alkanes of at least 4 members (excludes halogenated alkanes) is 1. The summed E-state index contributed by atoms with van der Waals surface area (Å²) in [6, 6.07) is 12.7. The minimum absolute atomic E-state index is 0.0271. The number of aryl methyl sites for hydroxylation is 1. The van der Waals surface area contributed by atoms with Gasteiger partial charge in [-0.15, -0.1) is 0 Å². The molecule has 0 aliphatic heterocycles. The molecule has 0 aliphatic rings. The van der Waals surface area contributed by atoms with Gasteiger partial charge in [0.2, 0.25) is 5.62 Å². The van der Waals surface area contributed by atoms with Gasteiger partial charge in [0.15, 0.2) is 0 Å². The fraction of sp³-hybridized carbons (Fsp3) is 0.360. The zero-order chi connectivity index (χ0) is 25.5. The summed E-state index contributed by atoms with van der Waals surface area (Å²) in [6.45, 7) is 6.04. The molecule has 0 amide bonds. The van der Waals surface area contributed by atoms with E-state index in [4.69, 9.17) is 21.4 Å². The molecule has 3 aromatic rings. The van der Waals surface area contributed by atoms with Crippen molar-refractivity contribution in [2.45, 2.75) is 59.2 Å². The minimum Gasteiger partial charge on any atom is -0.489 e. The number of halogens is 1. The van der Waals surface area contributed by atoms with Crippen molar-refractivity contribution < 1.29 is 14.6 Å². The molecule has 186 valence electrons. The number of ether oxygens (including phenoxy) is 1. The molecule has 0 radical (unpaired) electrons. The quantitative estimate of drug-likeness (QED) is 0.412. The average Bonchev–Trinajstić information content (AvgIpc) is 2.78. The second-order valence-electron chi connectivity index (χ2n) is 8.50. The number of hydrogen-bond acceptors (Lipinski definition) is 5. The van der Waals surface area contributed by atoms with Gasteiger partial charge in [0.25, 0.3) is 0 Å². The molecule has 0 fully saturated rings. The van der Waals surface area contributed by atoms with Crippen LogP contribution in [0.3, 0.4) is 0 Å². The Morgan fingerprint density at radius 3 is 2.46 bits per heavy atom. The van der Waals surface area contributed by atoms with E-state index in [1.807, 2.05) is 45.0 Å². The second kappa shape index (κ2) is 11.7. The van der Waals surface area contributed by atoms with Gasteiger partial charge < -0.3 is 9.84 Å². The molecule has 0 bridgehead atoms. The summed E-state index contributed by atoms with van der Waals surface area (Å²) in [5.41, 5.74) is 1.31. The summed E-state index contributed by atoms with van der Waals surface area (Å²) in [7, 11) is 0. The van der Waals surface area contributed by atoms with E-state index >= 15 is 0 Å². The SMILES string of the molecule is Cc1ccc(Cn2c(=O)n(CCCCC(=O)O)c(=O)[nH]/c2=N\c2ccc(OC(C)C)c(Cl)c2)cc1. The van der Waals surface area contributed by atoms with Crippen molar-refractivity contribution in [3.63, 3.8) is 0 Å². The third kappa shape index (κ3) is 7.19. The zero-order valence-electron chi connectivity index (χ0n) is 20.0. The highest BCUT2D eigenvalue weighted by atomic mass is 35.5. The Kier molecular flexibility index (Phi) is 8.70. The number of aliphatic carboxylic acids is 1. The molecular weight excluding hydrogens is 472 g/mol. The van der Waals surface area contributed by atoms with Gasteiger partial charge >= 0.3 is 17.3 Å². The number of rotatable bonds is 10. The van der Waals surface area contributed by atoms with Crippen LogP contribution in [0.4, 0.5) is 5.69 Å². The molecule has 2 aromatic carbocycles. The lowest BCUT2D eigenvalue weighted by molar-refractivity contribution is -0.137. The van der Waals surface area contributed by atoms with Gasteiger partial charge in [0.05, 0.1) is 23.4 Å². The fourth-order valence-electron chi connectivity index (χ4n) is 3.44. The van der Waals surface area contributed by atoms with Gasteiger partial charge in [0.1, 0.15) is 5.75 Å². The van der Waals surface area contributed by atoms with Crippen LogP contribution in [-0.2, 0) is 17.9 Å². The number of aromatic amines is 1. The number of carboxylic acids is 1. The van der Waals surface area contributed by atoms with Crippen LogP contribution in [0.1, 0.15) is 44.2 Å². The van der Waals surface area contributed by atoms with Crippen LogP contribution in [0, 0.1) is 6.92 Å². The van der Waals surface area contributed by atoms with Crippen LogP contribution in [0.2, 0.25) is 5.02 Å². The Hall–Kier alpha value is -3.59. The van der Waals surface area contributed by atoms with Gasteiger partial charge in [-0.3, -0.25) is 14.3 Å². The smallest absolute Gasteiger partial charge is 0.335 e. The number of benzene rings is 2. The van der Waals surface area contributed by atoms with Crippen LogP contribution >= 0.6 is 11.6 Å². The fourth-order valence-corrected chi connectivity index (χ4v) is 3.65. The van der Waals surface area contributed by atoms with Crippen molar-refractivity contribution >= 4 is 23.3 Å². The minimum atomic E-state index is -0.918. The molecule has 1 aromatic heterocycles. The molecule has 2 N–H and O–H groups in total. The van der Waals surface area contributed by atoms with E-state index in [9.17, 15) is 14.4 Å². The van der Waals surface area contributed by atoms with Crippen molar-refractivity contribution in [2.24, 2.45) is 4.99 Å². The molecule has 9 nitrogen and oxygen atoms in total. The molecule has 35 heavy (non-hydrogen) atoms. The summed E-state index contributed by atoms with van der Waals surface area (Å²) in [5.74, 6) is -0.406. The molecular formula is C25H29ClN4O5. The van der Waals surface area contributed by atoms with Crippen LogP contribution in [0.15, 0.2) is 57.0 Å². The van der Waals surface area contributed by atoms with Crippen molar-refractivity contribution in [3.8, 4) is 5.75 Å². The van der Waals surface area contributed by atoms with E-state index < -0.39 is 17.3 Å². The van der Waals surface area contributed by atoms with E-state index in [1.165, 1.54) is 4.57 Å². The van der Waals surface area contributed by atoms with Crippen LogP contribution in [-0.4, -0.2) is 31.3 Å². The van der Waals surface area contributed by atoms with E-state index in [0.29, 0.717) is 29.3 Å². The monoisotopic (exact) mass is 500 g/mol. The lowest BCUT2D eigenvalue weighted by Crippen LogP contribution is -2.50. The Morgan fingerprint density at radius 2 is 1.83 bits per heavy atom. The first-order valence-electron chi connectivity index (χ1n) is 11.4. The Balaban J connectivity index is 2.06. The normalized spacial score (nSPS) is 11.7. The summed E-state index contributed by atoms with van der Waals surface area (Å²) >= 11 is 6.33. The van der Waals surface area contributed by atoms with Crippen molar-refractivity contribution in [1.82, 2.24) is 14.1 Å². The zero-order valence-corrected chi connectivity index (χ0v) is 20.7. The first-order valence-corrected chi connectivity index (χ1v) is 11.7. The molecule has 0 spiro atoms. The third-order valence-corrected chi connectivity index (χ3v) is 5.47. The number of carboxylic acid groups (broad SMARTS) is 1. The van der Waals surface area contributed by atoms with Gasteiger partial charge in [-0.2, -0.15) is 0 Å². The molecule has 1 heterocycles. The maximum Gasteiger partial charge on any atom is 0.335 e. The van der Waals surface area contributed by atoms with Crippen LogP contribution < -0.4 is 21.7 Å². The number of nitrogens with zero attached hydrogens (tertiary/aromatic N) is 3. The molecule has 0 saturated heterocycles. The third-order valence-electron chi connectivity index (χ3n) is 5.18. The van der Waals surface area contributed by atoms with E-state index in [-0.39, 0.29) is 31.2 Å². The number of hydrogen-bond donors (Lipinski definition) is 2. The first-order chi connectivity index (χ1) is 16.6. The number of nitrogens with one attached hydrogen (secondary N) is 1. The number of carbonyl (C=O) groups is 1. The van der Waals surface area contributed by atoms with E-state index in [2.05, 4.69) is 9.98 Å². The summed E-state index contributed by atoms with van der Waals surface area (Å²) in [5, 5.41) is 9.19. The molecule has 0 unspecified atom stereocenters. The predicted octanol–water partition coefficient (Wildman–Crippen LogP) is 3.62. The van der Waals surface area contributed by atoms with Crippen LogP contribution in [0.5, 0.6) is 5.75 Å². The largest absolute Gasteiger partial charge is 0.489 e. The highest BCUT2D eigenvalue weighted by Gasteiger charge is 2.11. The molecule has 0 atom stereocenters. The van der Waals surface area contributed by atoms with Gasteiger partial charge in [-0.1, -0.05) is 41.4 Å². The maximum absolute atomic E-state index is 13.3. The number of H-pyrrole nitrogens is 1. The highest BCUT2D eigenvalue weighted by molar-refractivity contribution is 6.32. The summed E-state index contributed by atoms with van der Waals surface area (Å²) < 4.78 is 8.11. The standard InChI is InChI=1S/C25H29ClN4O5/c1-16(2)35-21-12-11-19(14-20(21)26)27-23-28-24(33)29(13-5-4-6-22(31)32)25(34)30(23)15-18-9-7-17(3)8-10-18/h7-12,14,16H,4-6,13,15H2,1-3H3,(H,31,32)(H,27,28,33). The van der Waals surface area contributed by atoms with Gasteiger partial charge in [-0.25, -0.2) is 19.1 Å². The predicted molar refractivity (Wildman–Crippen MR) is 134 cm³/mol.